The third-order valence-corrected chi connectivity index (χ3v) is 3.48. The molecule has 1 unspecified atom stereocenters. The van der Waals surface area contributed by atoms with Crippen molar-refractivity contribution in [3.8, 4) is 0 Å². The highest BCUT2D eigenvalue weighted by Gasteiger charge is 2.22. The molecule has 5 nitrogen and oxygen atoms in total. The molecule has 21 heavy (non-hydrogen) atoms. The highest BCUT2D eigenvalue weighted by molar-refractivity contribution is 5.89. The summed E-state index contributed by atoms with van der Waals surface area (Å²) in [6, 6.07) is 6.60. The molecule has 0 saturated carbocycles. The Balaban J connectivity index is 2.47. The van der Waals surface area contributed by atoms with Crippen molar-refractivity contribution in [2.24, 2.45) is 11.1 Å². The molecule has 0 spiro atoms. The number of hydrogen-bond donors (Lipinski definition) is 3. The number of nitrogens with two attached hydrogens (primary N) is 1. The first-order valence-electron chi connectivity index (χ1n) is 7.05. The molecule has 1 amide bonds. The normalized spacial score (nSPS) is 12.8. The third kappa shape index (κ3) is 5.55. The molecule has 4 N–H and O–H groups in total. The van der Waals surface area contributed by atoms with Gasteiger partial charge in [0, 0.05) is 19.0 Å². The number of amides is 1. The van der Waals surface area contributed by atoms with Crippen LogP contribution in [-0.2, 0) is 11.2 Å². The van der Waals surface area contributed by atoms with Crippen LogP contribution in [0.5, 0.6) is 0 Å². The Bertz CT molecular complexity index is 506. The molecule has 0 aromatic heterocycles. The number of carboxylic acids is 1. The second kappa shape index (κ2) is 7.22. The predicted molar refractivity (Wildman–Crippen MR) is 82.2 cm³/mol. The summed E-state index contributed by atoms with van der Waals surface area (Å²) in [5, 5.41) is 11.9. The fourth-order valence-corrected chi connectivity index (χ4v) is 1.86. The first-order valence-corrected chi connectivity index (χ1v) is 7.05. The maximum atomic E-state index is 11.8. The van der Waals surface area contributed by atoms with Crippen molar-refractivity contribution in [2.75, 3.05) is 6.54 Å². The summed E-state index contributed by atoms with van der Waals surface area (Å²) in [5.74, 6) is -1.06. The molecule has 0 radical (unpaired) electrons. The molecule has 0 aliphatic carbocycles. The number of carbonyl (C=O) groups excluding carboxylic acids is 1. The molecule has 1 aromatic carbocycles. The van der Waals surface area contributed by atoms with Gasteiger partial charge in [-0.3, -0.25) is 4.79 Å². The van der Waals surface area contributed by atoms with Crippen molar-refractivity contribution in [2.45, 2.75) is 39.7 Å². The summed E-state index contributed by atoms with van der Waals surface area (Å²) in [5.41, 5.74) is 6.83. The van der Waals surface area contributed by atoms with Crippen molar-refractivity contribution < 1.29 is 14.7 Å². The molecule has 0 heterocycles. The minimum atomic E-state index is -0.952. The molecule has 0 fully saturated rings. The van der Waals surface area contributed by atoms with Crippen LogP contribution in [-0.4, -0.2) is 29.6 Å². The highest BCUT2D eigenvalue weighted by atomic mass is 16.4. The fraction of sp³-hybridized carbons (Fsp3) is 0.500. The van der Waals surface area contributed by atoms with Gasteiger partial charge in [-0.05, 0) is 23.5 Å². The van der Waals surface area contributed by atoms with E-state index in [-0.39, 0.29) is 29.3 Å². The number of carboxylic acid groups (broad SMARTS) is 1. The van der Waals surface area contributed by atoms with E-state index >= 15 is 0 Å². The van der Waals surface area contributed by atoms with E-state index < -0.39 is 5.97 Å². The van der Waals surface area contributed by atoms with Gasteiger partial charge in [0.1, 0.15) is 0 Å². The first-order chi connectivity index (χ1) is 9.71. The zero-order valence-corrected chi connectivity index (χ0v) is 12.8. The molecule has 0 bridgehead atoms. The van der Waals surface area contributed by atoms with Crippen LogP contribution in [0.1, 0.15) is 43.1 Å². The Hall–Kier alpha value is -1.88. The number of hydrogen-bond acceptors (Lipinski definition) is 3. The summed E-state index contributed by atoms with van der Waals surface area (Å²) in [4.78, 5) is 22.9. The van der Waals surface area contributed by atoms with Gasteiger partial charge in [0.2, 0.25) is 5.91 Å². The largest absolute Gasteiger partial charge is 0.478 e. The topological polar surface area (TPSA) is 92.4 Å². The van der Waals surface area contributed by atoms with E-state index in [1.165, 1.54) is 0 Å². The molecule has 5 heteroatoms. The molecular weight excluding hydrogens is 268 g/mol. The Morgan fingerprint density at radius 3 is 2.48 bits per heavy atom. The maximum Gasteiger partial charge on any atom is 0.335 e. The van der Waals surface area contributed by atoms with Crippen molar-refractivity contribution >= 4 is 11.9 Å². The van der Waals surface area contributed by atoms with E-state index in [2.05, 4.69) is 5.32 Å². The van der Waals surface area contributed by atoms with Gasteiger partial charge in [-0.1, -0.05) is 39.0 Å². The van der Waals surface area contributed by atoms with Gasteiger partial charge in [-0.25, -0.2) is 4.79 Å². The summed E-state index contributed by atoms with van der Waals surface area (Å²) in [6.45, 7) is 6.39. The lowest BCUT2D eigenvalue weighted by Crippen LogP contribution is -2.40. The van der Waals surface area contributed by atoms with Gasteiger partial charge in [0.15, 0.2) is 0 Å². The van der Waals surface area contributed by atoms with Crippen molar-refractivity contribution in [3.63, 3.8) is 0 Å². The van der Waals surface area contributed by atoms with Gasteiger partial charge in [-0.15, -0.1) is 0 Å². The Morgan fingerprint density at radius 1 is 1.29 bits per heavy atom. The van der Waals surface area contributed by atoms with E-state index in [1.54, 1.807) is 24.3 Å². The van der Waals surface area contributed by atoms with E-state index in [9.17, 15) is 9.59 Å². The average Bonchev–Trinajstić information content (AvgIpc) is 2.37. The lowest BCUT2D eigenvalue weighted by atomic mass is 9.85. The van der Waals surface area contributed by atoms with Crippen molar-refractivity contribution in [1.29, 1.82) is 0 Å². The van der Waals surface area contributed by atoms with Crippen LogP contribution in [0, 0.1) is 5.41 Å². The molecule has 1 atom stereocenters. The van der Waals surface area contributed by atoms with Crippen LogP contribution >= 0.6 is 0 Å². The Kier molecular flexibility index (Phi) is 5.90. The molecule has 116 valence electrons. The van der Waals surface area contributed by atoms with Gasteiger partial charge in [0.05, 0.1) is 5.56 Å². The lowest BCUT2D eigenvalue weighted by Gasteiger charge is -2.26. The molecule has 0 saturated heterocycles. The number of benzene rings is 1. The molecule has 0 aliphatic rings. The second-order valence-corrected chi connectivity index (χ2v) is 6.24. The maximum absolute atomic E-state index is 11.8. The van der Waals surface area contributed by atoms with Gasteiger partial charge in [0.25, 0.3) is 0 Å². The molecular formula is C16H24N2O3. The number of nitrogens with one attached hydrogen (secondary N) is 1. The standard InChI is InChI=1S/C16H24N2O3/c1-16(2,3)13(17)10-14(19)18-9-8-11-6-4-5-7-12(11)15(20)21/h4-7,13H,8-10,17H2,1-3H3,(H,18,19)(H,20,21). The average molecular weight is 292 g/mol. The van der Waals surface area contributed by atoms with Crippen molar-refractivity contribution in [1.82, 2.24) is 5.32 Å². The van der Waals surface area contributed by atoms with Crippen LogP contribution in [0.15, 0.2) is 24.3 Å². The minimum Gasteiger partial charge on any atom is -0.478 e. The minimum absolute atomic E-state index is 0.106. The van der Waals surface area contributed by atoms with Gasteiger partial charge in [-0.2, -0.15) is 0 Å². The number of carbonyl (C=O) groups is 2. The third-order valence-electron chi connectivity index (χ3n) is 3.48. The van der Waals surface area contributed by atoms with Crippen LogP contribution < -0.4 is 11.1 Å². The number of aromatic carboxylic acids is 1. The zero-order valence-electron chi connectivity index (χ0n) is 12.8. The van der Waals surface area contributed by atoms with Crippen LogP contribution in [0.2, 0.25) is 0 Å². The molecule has 1 aromatic rings. The van der Waals surface area contributed by atoms with E-state index in [1.807, 2.05) is 20.8 Å². The van der Waals surface area contributed by atoms with E-state index in [4.69, 9.17) is 10.8 Å². The predicted octanol–water partition coefficient (Wildman–Crippen LogP) is 1.81. The summed E-state index contributed by atoms with van der Waals surface area (Å²) < 4.78 is 0. The SMILES string of the molecule is CC(C)(C)C(N)CC(=O)NCCc1ccccc1C(=O)O. The smallest absolute Gasteiger partial charge is 0.335 e. The summed E-state index contributed by atoms with van der Waals surface area (Å²) >= 11 is 0. The van der Waals surface area contributed by atoms with E-state index in [0.717, 1.165) is 0 Å². The van der Waals surface area contributed by atoms with Gasteiger partial charge < -0.3 is 16.2 Å². The van der Waals surface area contributed by atoms with Crippen LogP contribution in [0.25, 0.3) is 0 Å². The monoisotopic (exact) mass is 292 g/mol. The lowest BCUT2D eigenvalue weighted by molar-refractivity contribution is -0.121. The van der Waals surface area contributed by atoms with Crippen molar-refractivity contribution in [3.05, 3.63) is 35.4 Å². The van der Waals surface area contributed by atoms with E-state index in [0.29, 0.717) is 18.5 Å². The summed E-state index contributed by atoms with van der Waals surface area (Å²) in [6.07, 6.45) is 0.753. The Morgan fingerprint density at radius 2 is 1.90 bits per heavy atom. The summed E-state index contributed by atoms with van der Waals surface area (Å²) in [7, 11) is 0. The number of rotatable bonds is 6. The first kappa shape index (κ1) is 17.2. The zero-order chi connectivity index (χ0) is 16.0. The quantitative estimate of drug-likeness (QED) is 0.745. The van der Waals surface area contributed by atoms with Gasteiger partial charge >= 0.3 is 5.97 Å². The highest BCUT2D eigenvalue weighted by Crippen LogP contribution is 2.19. The van der Waals surface area contributed by atoms with Crippen LogP contribution in [0.4, 0.5) is 0 Å². The molecule has 1 rings (SSSR count). The molecule has 0 aliphatic heterocycles. The fourth-order valence-electron chi connectivity index (χ4n) is 1.86. The van der Waals surface area contributed by atoms with Crippen LogP contribution in [0.3, 0.4) is 0 Å². The second-order valence-electron chi connectivity index (χ2n) is 6.24. The Labute approximate surface area is 125 Å².